The van der Waals surface area contributed by atoms with Gasteiger partial charge in [0.05, 0.1) is 11.3 Å². The maximum Gasteiger partial charge on any atom is 0.250 e. The molecule has 0 unspecified atom stereocenters. The Labute approximate surface area is 106 Å². The van der Waals surface area contributed by atoms with Crippen LogP contribution in [0.15, 0.2) is 18.2 Å². The van der Waals surface area contributed by atoms with Gasteiger partial charge in [-0.1, -0.05) is 0 Å². The first kappa shape index (κ1) is 13.8. The van der Waals surface area contributed by atoms with Gasteiger partial charge in [0, 0.05) is 32.7 Å². The van der Waals surface area contributed by atoms with Crippen molar-refractivity contribution in [1.29, 1.82) is 0 Å². The number of hydrogen-bond donors (Lipinski definition) is 3. The molecule has 6 nitrogen and oxygen atoms in total. The van der Waals surface area contributed by atoms with Crippen molar-refractivity contribution < 1.29 is 9.59 Å². The van der Waals surface area contributed by atoms with Crippen LogP contribution in [-0.2, 0) is 4.79 Å². The molecule has 1 aromatic carbocycles. The molecular formula is C12H18N4O2. The highest BCUT2D eigenvalue weighted by Gasteiger charge is 2.13. The lowest BCUT2D eigenvalue weighted by Crippen LogP contribution is -2.28. The number of nitrogens with one attached hydrogen (secondary N) is 1. The van der Waals surface area contributed by atoms with Gasteiger partial charge in [0.2, 0.25) is 5.91 Å². The number of nitrogens with two attached hydrogens (primary N) is 2. The van der Waals surface area contributed by atoms with Crippen molar-refractivity contribution in [3.63, 3.8) is 0 Å². The number of nitrogen functional groups attached to an aromatic ring is 1. The summed E-state index contributed by atoms with van der Waals surface area (Å²) < 4.78 is 0. The van der Waals surface area contributed by atoms with Gasteiger partial charge < -0.3 is 21.7 Å². The Bertz CT molecular complexity index is 459. The zero-order valence-electron chi connectivity index (χ0n) is 10.6. The molecule has 0 atom stereocenters. The molecule has 0 heterocycles. The van der Waals surface area contributed by atoms with Gasteiger partial charge in [-0.05, 0) is 18.2 Å². The fourth-order valence-corrected chi connectivity index (χ4v) is 1.59. The third-order valence-corrected chi connectivity index (χ3v) is 2.65. The van der Waals surface area contributed by atoms with Crippen LogP contribution < -0.4 is 21.7 Å². The molecule has 0 saturated heterocycles. The number of nitrogens with zero attached hydrogens (tertiary/aromatic N) is 1. The molecule has 18 heavy (non-hydrogen) atoms. The maximum atomic E-state index is 11.3. The molecule has 2 amide bonds. The number of benzene rings is 1. The molecule has 5 N–H and O–H groups in total. The maximum absolute atomic E-state index is 11.3. The smallest absolute Gasteiger partial charge is 0.250 e. The van der Waals surface area contributed by atoms with Gasteiger partial charge in [-0.3, -0.25) is 9.59 Å². The van der Waals surface area contributed by atoms with Gasteiger partial charge in [0.15, 0.2) is 0 Å². The Kier molecular flexibility index (Phi) is 4.53. The Balaban J connectivity index is 2.89. The topological polar surface area (TPSA) is 101 Å². The summed E-state index contributed by atoms with van der Waals surface area (Å²) in [6.07, 6.45) is 0.333. The van der Waals surface area contributed by atoms with E-state index >= 15 is 0 Å². The summed E-state index contributed by atoms with van der Waals surface area (Å²) in [6.45, 7) is 0.476. The Hall–Kier alpha value is -2.24. The standard InChI is InChI=1S/C12H18N4O2/c1-15-11(17)5-6-16(2)10-7-8(13)3-4-9(10)12(14)18/h3-4,7H,5-6,13H2,1-2H3,(H2,14,18)(H,15,17). The van der Waals surface area contributed by atoms with E-state index < -0.39 is 5.91 Å². The second kappa shape index (κ2) is 5.90. The first-order valence-corrected chi connectivity index (χ1v) is 5.56. The van der Waals surface area contributed by atoms with Crippen LogP contribution in [0.4, 0.5) is 11.4 Å². The van der Waals surface area contributed by atoms with E-state index in [9.17, 15) is 9.59 Å². The van der Waals surface area contributed by atoms with Crippen molar-refractivity contribution in [1.82, 2.24) is 5.32 Å². The zero-order valence-corrected chi connectivity index (χ0v) is 10.6. The second-order valence-corrected chi connectivity index (χ2v) is 3.99. The number of carbonyl (C=O) groups excluding carboxylic acids is 2. The van der Waals surface area contributed by atoms with E-state index in [1.165, 1.54) is 0 Å². The number of carbonyl (C=O) groups is 2. The van der Waals surface area contributed by atoms with E-state index in [1.807, 2.05) is 0 Å². The summed E-state index contributed by atoms with van der Waals surface area (Å²) in [5, 5.41) is 2.54. The third kappa shape index (κ3) is 3.38. The Morgan fingerprint density at radius 1 is 1.39 bits per heavy atom. The van der Waals surface area contributed by atoms with Crippen molar-refractivity contribution in [2.24, 2.45) is 5.73 Å². The molecule has 98 valence electrons. The normalized spacial score (nSPS) is 9.89. The summed E-state index contributed by atoms with van der Waals surface area (Å²) in [6, 6.07) is 4.88. The first-order chi connectivity index (χ1) is 8.45. The fraction of sp³-hybridized carbons (Fsp3) is 0.333. The lowest BCUT2D eigenvalue weighted by atomic mass is 10.1. The third-order valence-electron chi connectivity index (χ3n) is 2.65. The van der Waals surface area contributed by atoms with Crippen molar-refractivity contribution >= 4 is 23.2 Å². The molecule has 0 aliphatic heterocycles. The highest BCUT2D eigenvalue weighted by Crippen LogP contribution is 2.22. The molecular weight excluding hydrogens is 232 g/mol. The number of amides is 2. The van der Waals surface area contributed by atoms with E-state index in [0.29, 0.717) is 29.9 Å². The summed E-state index contributed by atoms with van der Waals surface area (Å²) in [5.41, 5.74) is 12.6. The molecule has 1 rings (SSSR count). The summed E-state index contributed by atoms with van der Waals surface area (Å²) in [5.74, 6) is -0.580. The van der Waals surface area contributed by atoms with E-state index in [4.69, 9.17) is 11.5 Å². The van der Waals surface area contributed by atoms with Gasteiger partial charge in [-0.2, -0.15) is 0 Å². The van der Waals surface area contributed by atoms with E-state index in [0.717, 1.165) is 0 Å². The lowest BCUT2D eigenvalue weighted by Gasteiger charge is -2.21. The van der Waals surface area contributed by atoms with Gasteiger partial charge in [0.1, 0.15) is 0 Å². The molecule has 0 spiro atoms. The predicted molar refractivity (Wildman–Crippen MR) is 71.3 cm³/mol. The van der Waals surface area contributed by atoms with Crippen molar-refractivity contribution in [3.8, 4) is 0 Å². The van der Waals surface area contributed by atoms with Crippen LogP contribution in [0.1, 0.15) is 16.8 Å². The first-order valence-electron chi connectivity index (χ1n) is 5.56. The molecule has 0 aliphatic rings. The highest BCUT2D eigenvalue weighted by molar-refractivity contribution is 5.99. The number of primary amides is 1. The largest absolute Gasteiger partial charge is 0.399 e. The van der Waals surface area contributed by atoms with Gasteiger partial charge in [-0.15, -0.1) is 0 Å². The Morgan fingerprint density at radius 2 is 2.06 bits per heavy atom. The van der Waals surface area contributed by atoms with Crippen LogP contribution in [0.25, 0.3) is 0 Å². The van der Waals surface area contributed by atoms with Crippen molar-refractivity contribution in [3.05, 3.63) is 23.8 Å². The minimum Gasteiger partial charge on any atom is -0.399 e. The van der Waals surface area contributed by atoms with Gasteiger partial charge >= 0.3 is 0 Å². The molecule has 0 aromatic heterocycles. The predicted octanol–water partition coefficient (Wildman–Crippen LogP) is -0.0600. The molecule has 0 bridgehead atoms. The zero-order chi connectivity index (χ0) is 13.7. The van der Waals surface area contributed by atoms with Gasteiger partial charge in [-0.25, -0.2) is 0 Å². The van der Waals surface area contributed by atoms with Crippen molar-refractivity contribution in [2.45, 2.75) is 6.42 Å². The summed E-state index contributed by atoms with van der Waals surface area (Å²) in [7, 11) is 3.36. The minimum atomic E-state index is -0.517. The molecule has 0 aliphatic carbocycles. The van der Waals surface area contributed by atoms with E-state index in [2.05, 4.69) is 5.32 Å². The van der Waals surface area contributed by atoms with Crippen LogP contribution in [0.5, 0.6) is 0 Å². The van der Waals surface area contributed by atoms with Crippen LogP contribution in [0.3, 0.4) is 0 Å². The fourth-order valence-electron chi connectivity index (χ4n) is 1.59. The van der Waals surface area contributed by atoms with Gasteiger partial charge in [0.25, 0.3) is 5.91 Å². The number of anilines is 2. The van der Waals surface area contributed by atoms with Crippen LogP contribution in [0.2, 0.25) is 0 Å². The minimum absolute atomic E-state index is 0.0635. The molecule has 0 saturated carbocycles. The average molecular weight is 250 g/mol. The van der Waals surface area contributed by atoms with E-state index in [-0.39, 0.29) is 5.91 Å². The molecule has 6 heteroatoms. The molecule has 0 radical (unpaired) electrons. The monoisotopic (exact) mass is 250 g/mol. The van der Waals surface area contributed by atoms with Crippen LogP contribution >= 0.6 is 0 Å². The highest BCUT2D eigenvalue weighted by atomic mass is 16.1. The molecule has 0 fully saturated rings. The van der Waals surface area contributed by atoms with E-state index in [1.54, 1.807) is 37.2 Å². The number of rotatable bonds is 5. The Morgan fingerprint density at radius 3 is 2.61 bits per heavy atom. The SMILES string of the molecule is CNC(=O)CCN(C)c1cc(N)ccc1C(N)=O. The average Bonchev–Trinajstić information content (AvgIpc) is 2.34. The lowest BCUT2D eigenvalue weighted by molar-refractivity contribution is -0.120. The summed E-state index contributed by atoms with van der Waals surface area (Å²) in [4.78, 5) is 24.3. The number of hydrogen-bond acceptors (Lipinski definition) is 4. The van der Waals surface area contributed by atoms with Crippen molar-refractivity contribution in [2.75, 3.05) is 31.3 Å². The van der Waals surface area contributed by atoms with Crippen LogP contribution in [0, 0.1) is 0 Å². The van der Waals surface area contributed by atoms with Crippen LogP contribution in [-0.4, -0.2) is 32.5 Å². The summed E-state index contributed by atoms with van der Waals surface area (Å²) >= 11 is 0. The molecule has 1 aromatic rings. The quantitative estimate of drug-likeness (QED) is 0.637. The second-order valence-electron chi connectivity index (χ2n) is 3.99.